The molecule has 0 radical (unpaired) electrons. The molecule has 0 saturated carbocycles. The Balaban J connectivity index is 1.41. The summed E-state index contributed by atoms with van der Waals surface area (Å²) in [5.74, 6) is 1.22. The lowest BCUT2D eigenvalue weighted by molar-refractivity contribution is -0.124. The minimum absolute atomic E-state index is 0.0281. The van der Waals surface area contributed by atoms with E-state index in [4.69, 9.17) is 9.47 Å². The number of rotatable bonds is 7. The SMILES string of the molecule is CC(C)Cc1ccc(C(C)NC(=O)CN2CCC(C3OCCO3)CC2)cc1. The summed E-state index contributed by atoms with van der Waals surface area (Å²) in [6.45, 7) is 10.3. The maximum atomic E-state index is 12.4. The van der Waals surface area contributed by atoms with Crippen molar-refractivity contribution in [2.24, 2.45) is 11.8 Å². The number of carbonyl (C=O) groups is 1. The summed E-state index contributed by atoms with van der Waals surface area (Å²) < 4.78 is 11.2. The molecule has 1 N–H and O–H groups in total. The van der Waals surface area contributed by atoms with E-state index in [2.05, 4.69) is 55.3 Å². The van der Waals surface area contributed by atoms with Crippen molar-refractivity contribution < 1.29 is 14.3 Å². The molecule has 0 spiro atoms. The van der Waals surface area contributed by atoms with Gasteiger partial charge in [0.05, 0.1) is 25.8 Å². The summed E-state index contributed by atoms with van der Waals surface area (Å²) >= 11 is 0. The highest BCUT2D eigenvalue weighted by atomic mass is 16.7. The van der Waals surface area contributed by atoms with Gasteiger partial charge < -0.3 is 14.8 Å². The molecule has 1 aromatic carbocycles. The van der Waals surface area contributed by atoms with E-state index in [0.29, 0.717) is 31.6 Å². The third-order valence-electron chi connectivity index (χ3n) is 5.53. The fourth-order valence-corrected chi connectivity index (χ4v) is 4.02. The lowest BCUT2D eigenvalue weighted by Crippen LogP contribution is -2.43. The van der Waals surface area contributed by atoms with E-state index in [1.807, 2.05) is 0 Å². The number of carbonyl (C=O) groups excluding carboxylic acids is 1. The zero-order chi connectivity index (χ0) is 19.2. The molecule has 2 aliphatic heterocycles. The van der Waals surface area contributed by atoms with Crippen molar-refractivity contribution in [3.05, 3.63) is 35.4 Å². The quantitative estimate of drug-likeness (QED) is 0.797. The van der Waals surface area contributed by atoms with Gasteiger partial charge in [-0.15, -0.1) is 0 Å². The second-order valence-electron chi connectivity index (χ2n) is 8.35. The standard InChI is InChI=1S/C22H34N2O3/c1-16(2)14-18-4-6-19(7-5-18)17(3)23-21(25)15-24-10-8-20(9-11-24)22-26-12-13-27-22/h4-7,16-17,20,22H,8-15H2,1-3H3,(H,23,25). The Morgan fingerprint density at radius 3 is 2.33 bits per heavy atom. The van der Waals surface area contributed by atoms with Crippen LogP contribution in [0.2, 0.25) is 0 Å². The van der Waals surface area contributed by atoms with Crippen LogP contribution < -0.4 is 5.32 Å². The molecule has 3 rings (SSSR count). The molecular formula is C22H34N2O3. The minimum atomic E-state index is -0.0281. The van der Waals surface area contributed by atoms with Gasteiger partial charge in [-0.25, -0.2) is 0 Å². The normalized spacial score (nSPS) is 20.9. The number of nitrogens with one attached hydrogen (secondary N) is 1. The van der Waals surface area contributed by atoms with Gasteiger partial charge in [0.15, 0.2) is 6.29 Å². The molecule has 2 saturated heterocycles. The summed E-state index contributed by atoms with van der Waals surface area (Å²) in [7, 11) is 0. The predicted octanol–water partition coefficient (Wildman–Crippen LogP) is 3.15. The number of ether oxygens (including phenoxy) is 2. The molecule has 2 fully saturated rings. The van der Waals surface area contributed by atoms with Crippen LogP contribution >= 0.6 is 0 Å². The third-order valence-corrected chi connectivity index (χ3v) is 5.53. The van der Waals surface area contributed by atoms with Crippen molar-refractivity contribution in [2.75, 3.05) is 32.8 Å². The van der Waals surface area contributed by atoms with E-state index >= 15 is 0 Å². The van der Waals surface area contributed by atoms with E-state index in [0.717, 1.165) is 37.9 Å². The average molecular weight is 375 g/mol. The Bertz CT molecular complexity index is 588. The topological polar surface area (TPSA) is 50.8 Å². The van der Waals surface area contributed by atoms with Crippen LogP contribution in [-0.4, -0.2) is 49.9 Å². The first-order valence-electron chi connectivity index (χ1n) is 10.3. The van der Waals surface area contributed by atoms with Gasteiger partial charge in [0.25, 0.3) is 0 Å². The van der Waals surface area contributed by atoms with Gasteiger partial charge in [-0.05, 0) is 56.3 Å². The van der Waals surface area contributed by atoms with Gasteiger partial charge in [0.2, 0.25) is 5.91 Å². The van der Waals surface area contributed by atoms with Gasteiger partial charge in [-0.1, -0.05) is 38.1 Å². The van der Waals surface area contributed by atoms with Crippen LogP contribution in [0.3, 0.4) is 0 Å². The van der Waals surface area contributed by atoms with Crippen LogP contribution in [0.15, 0.2) is 24.3 Å². The van der Waals surface area contributed by atoms with Gasteiger partial charge in [0, 0.05) is 5.92 Å². The highest BCUT2D eigenvalue weighted by Gasteiger charge is 2.30. The molecule has 5 heteroatoms. The lowest BCUT2D eigenvalue weighted by Gasteiger charge is -2.33. The largest absolute Gasteiger partial charge is 0.350 e. The van der Waals surface area contributed by atoms with Crippen molar-refractivity contribution in [1.29, 1.82) is 0 Å². The average Bonchev–Trinajstić information content (AvgIpc) is 3.17. The molecule has 2 heterocycles. The number of benzene rings is 1. The van der Waals surface area contributed by atoms with Crippen molar-refractivity contribution in [2.45, 2.75) is 52.4 Å². The molecule has 1 aromatic rings. The van der Waals surface area contributed by atoms with Crippen molar-refractivity contribution in [3.8, 4) is 0 Å². The zero-order valence-electron chi connectivity index (χ0n) is 16.9. The van der Waals surface area contributed by atoms with Crippen LogP contribution in [0.5, 0.6) is 0 Å². The monoisotopic (exact) mass is 374 g/mol. The number of amides is 1. The first-order chi connectivity index (χ1) is 13.0. The second-order valence-corrected chi connectivity index (χ2v) is 8.35. The number of nitrogens with zero attached hydrogens (tertiary/aromatic N) is 1. The molecule has 150 valence electrons. The Morgan fingerprint density at radius 2 is 1.74 bits per heavy atom. The Morgan fingerprint density at radius 1 is 1.11 bits per heavy atom. The van der Waals surface area contributed by atoms with E-state index in [1.165, 1.54) is 5.56 Å². The molecular weight excluding hydrogens is 340 g/mol. The van der Waals surface area contributed by atoms with E-state index < -0.39 is 0 Å². The summed E-state index contributed by atoms with van der Waals surface area (Å²) in [6, 6.07) is 8.65. The summed E-state index contributed by atoms with van der Waals surface area (Å²) in [4.78, 5) is 14.7. The number of hydrogen-bond donors (Lipinski definition) is 1. The molecule has 1 amide bonds. The highest BCUT2D eigenvalue weighted by Crippen LogP contribution is 2.25. The first kappa shape index (κ1) is 20.3. The van der Waals surface area contributed by atoms with Crippen LogP contribution in [0.25, 0.3) is 0 Å². The Kier molecular flexibility index (Phi) is 7.27. The summed E-state index contributed by atoms with van der Waals surface area (Å²) in [6.07, 6.45) is 3.13. The molecule has 0 aliphatic carbocycles. The smallest absolute Gasteiger partial charge is 0.234 e. The molecule has 1 unspecified atom stereocenters. The minimum Gasteiger partial charge on any atom is -0.350 e. The predicted molar refractivity (Wildman–Crippen MR) is 106 cm³/mol. The number of likely N-dealkylation sites (tertiary alicyclic amines) is 1. The fraction of sp³-hybridized carbons (Fsp3) is 0.682. The first-order valence-corrected chi connectivity index (χ1v) is 10.3. The van der Waals surface area contributed by atoms with E-state index in [-0.39, 0.29) is 18.2 Å². The van der Waals surface area contributed by atoms with Gasteiger partial charge >= 0.3 is 0 Å². The Labute approximate surface area is 163 Å². The highest BCUT2D eigenvalue weighted by molar-refractivity contribution is 5.78. The van der Waals surface area contributed by atoms with Gasteiger partial charge in [0.1, 0.15) is 0 Å². The third kappa shape index (κ3) is 6.03. The van der Waals surface area contributed by atoms with Crippen LogP contribution in [0.1, 0.15) is 50.8 Å². The molecule has 0 aromatic heterocycles. The zero-order valence-corrected chi connectivity index (χ0v) is 16.9. The number of hydrogen-bond acceptors (Lipinski definition) is 4. The maximum Gasteiger partial charge on any atom is 0.234 e. The van der Waals surface area contributed by atoms with Gasteiger partial charge in [-0.2, -0.15) is 0 Å². The lowest BCUT2D eigenvalue weighted by atomic mass is 9.96. The molecule has 27 heavy (non-hydrogen) atoms. The van der Waals surface area contributed by atoms with Gasteiger partial charge in [-0.3, -0.25) is 9.69 Å². The maximum absolute atomic E-state index is 12.4. The molecule has 2 aliphatic rings. The van der Waals surface area contributed by atoms with Crippen molar-refractivity contribution in [1.82, 2.24) is 10.2 Å². The summed E-state index contributed by atoms with van der Waals surface area (Å²) in [5, 5.41) is 3.14. The molecule has 0 bridgehead atoms. The van der Waals surface area contributed by atoms with Crippen LogP contribution in [0, 0.1) is 11.8 Å². The van der Waals surface area contributed by atoms with Crippen molar-refractivity contribution in [3.63, 3.8) is 0 Å². The van der Waals surface area contributed by atoms with E-state index in [9.17, 15) is 4.79 Å². The fourth-order valence-electron chi connectivity index (χ4n) is 4.02. The Hall–Kier alpha value is -1.43. The number of piperidine rings is 1. The summed E-state index contributed by atoms with van der Waals surface area (Å²) in [5.41, 5.74) is 2.51. The second kappa shape index (κ2) is 9.67. The van der Waals surface area contributed by atoms with Crippen molar-refractivity contribution >= 4 is 5.91 Å². The van der Waals surface area contributed by atoms with E-state index in [1.54, 1.807) is 0 Å². The molecule has 5 nitrogen and oxygen atoms in total. The van der Waals surface area contributed by atoms with Crippen LogP contribution in [-0.2, 0) is 20.7 Å². The molecule has 1 atom stereocenters. The van der Waals surface area contributed by atoms with Crippen LogP contribution in [0.4, 0.5) is 0 Å².